The van der Waals surface area contributed by atoms with E-state index >= 15 is 0 Å². The summed E-state index contributed by atoms with van der Waals surface area (Å²) in [6.45, 7) is 2.16. The average Bonchev–Trinajstić information content (AvgIpc) is 2.23. The van der Waals surface area contributed by atoms with E-state index in [0.717, 1.165) is 36.6 Å². The first-order valence-electron chi connectivity index (χ1n) is 4.93. The second-order valence-corrected chi connectivity index (χ2v) is 3.93. The van der Waals surface area contributed by atoms with Crippen molar-refractivity contribution in [2.24, 2.45) is 0 Å². The van der Waals surface area contributed by atoms with E-state index in [0.29, 0.717) is 6.04 Å². The fourth-order valence-electron chi connectivity index (χ4n) is 1.67. The number of halogens is 1. The average molecular weight is 212 g/mol. The number of rotatable bonds is 2. The zero-order chi connectivity index (χ0) is 9.80. The maximum absolute atomic E-state index is 6.03. The van der Waals surface area contributed by atoms with Crippen molar-refractivity contribution >= 4 is 17.3 Å². The molecule has 1 saturated heterocycles. The molecule has 0 aliphatic carbocycles. The quantitative estimate of drug-likeness (QED) is 0.785. The van der Waals surface area contributed by atoms with Crippen LogP contribution < -0.4 is 10.6 Å². The maximum Gasteiger partial charge on any atom is 0.0718 e. The summed E-state index contributed by atoms with van der Waals surface area (Å²) in [4.78, 5) is 4.05. The van der Waals surface area contributed by atoms with Crippen molar-refractivity contribution in [2.75, 3.05) is 18.4 Å². The summed E-state index contributed by atoms with van der Waals surface area (Å²) in [6, 6.07) is 2.34. The van der Waals surface area contributed by atoms with Gasteiger partial charge in [0.25, 0.3) is 0 Å². The Kier molecular flexibility index (Phi) is 3.22. The molecule has 0 bridgehead atoms. The molecule has 0 radical (unpaired) electrons. The summed E-state index contributed by atoms with van der Waals surface area (Å²) >= 11 is 6.03. The van der Waals surface area contributed by atoms with Gasteiger partial charge in [-0.3, -0.25) is 4.98 Å². The number of nitrogens with one attached hydrogen (secondary N) is 2. The Labute approximate surface area is 88.9 Å². The van der Waals surface area contributed by atoms with Crippen molar-refractivity contribution in [1.82, 2.24) is 10.3 Å². The number of hydrogen-bond acceptors (Lipinski definition) is 3. The van der Waals surface area contributed by atoms with Crippen LogP contribution in [0.5, 0.6) is 0 Å². The number of hydrogen-bond donors (Lipinski definition) is 2. The van der Waals surface area contributed by atoms with Crippen LogP contribution >= 0.6 is 11.6 Å². The van der Waals surface area contributed by atoms with Crippen molar-refractivity contribution in [3.8, 4) is 0 Å². The molecule has 1 aliphatic rings. The minimum absolute atomic E-state index is 0.526. The van der Waals surface area contributed by atoms with Crippen molar-refractivity contribution in [3.05, 3.63) is 23.5 Å². The summed E-state index contributed by atoms with van der Waals surface area (Å²) in [5.41, 5.74) is 0.945. The van der Waals surface area contributed by atoms with Gasteiger partial charge < -0.3 is 10.6 Å². The third kappa shape index (κ3) is 2.36. The standard InChI is InChI=1S/C10H14ClN3/c11-9-3-6-13-7-10(9)14-8-1-4-12-5-2-8/h3,6-8,12,14H,1-2,4-5H2. The van der Waals surface area contributed by atoms with Crippen molar-refractivity contribution in [2.45, 2.75) is 18.9 Å². The second kappa shape index (κ2) is 4.62. The second-order valence-electron chi connectivity index (χ2n) is 3.52. The summed E-state index contributed by atoms with van der Waals surface area (Å²) in [7, 11) is 0. The Morgan fingerprint density at radius 1 is 1.43 bits per heavy atom. The lowest BCUT2D eigenvalue weighted by Crippen LogP contribution is -2.35. The minimum atomic E-state index is 0.526. The summed E-state index contributed by atoms with van der Waals surface area (Å²) < 4.78 is 0. The molecule has 0 spiro atoms. The van der Waals surface area contributed by atoms with Crippen molar-refractivity contribution in [3.63, 3.8) is 0 Å². The third-order valence-corrected chi connectivity index (χ3v) is 2.80. The predicted molar refractivity (Wildman–Crippen MR) is 58.8 cm³/mol. The van der Waals surface area contributed by atoms with Crippen LogP contribution in [0.25, 0.3) is 0 Å². The topological polar surface area (TPSA) is 37.0 Å². The number of nitrogens with zero attached hydrogens (tertiary/aromatic N) is 1. The highest BCUT2D eigenvalue weighted by atomic mass is 35.5. The molecule has 1 fully saturated rings. The van der Waals surface area contributed by atoms with Crippen LogP contribution in [0, 0.1) is 0 Å². The fourth-order valence-corrected chi connectivity index (χ4v) is 1.83. The molecule has 4 heteroatoms. The molecule has 2 rings (SSSR count). The zero-order valence-electron chi connectivity index (χ0n) is 7.96. The molecule has 0 saturated carbocycles. The van der Waals surface area contributed by atoms with E-state index in [1.165, 1.54) is 0 Å². The largest absolute Gasteiger partial charge is 0.380 e. The van der Waals surface area contributed by atoms with Crippen LogP contribution in [0.3, 0.4) is 0 Å². The SMILES string of the molecule is Clc1ccncc1NC1CCNCC1. The van der Waals surface area contributed by atoms with Crippen LogP contribution in [-0.4, -0.2) is 24.1 Å². The molecule has 1 aliphatic heterocycles. The number of aromatic nitrogens is 1. The van der Waals surface area contributed by atoms with E-state index in [9.17, 15) is 0 Å². The maximum atomic E-state index is 6.03. The summed E-state index contributed by atoms with van der Waals surface area (Å²) in [5, 5.41) is 7.49. The molecule has 14 heavy (non-hydrogen) atoms. The predicted octanol–water partition coefficient (Wildman–Crippen LogP) is 1.90. The van der Waals surface area contributed by atoms with E-state index in [1.54, 1.807) is 12.4 Å². The molecule has 0 aromatic carbocycles. The molecular weight excluding hydrogens is 198 g/mol. The molecule has 0 unspecified atom stereocenters. The van der Waals surface area contributed by atoms with Gasteiger partial charge in [-0.2, -0.15) is 0 Å². The Bertz CT molecular complexity index is 297. The minimum Gasteiger partial charge on any atom is -0.380 e. The molecule has 1 aromatic heterocycles. The molecule has 2 N–H and O–H groups in total. The van der Waals surface area contributed by atoms with E-state index < -0.39 is 0 Å². The number of anilines is 1. The fraction of sp³-hybridized carbons (Fsp3) is 0.500. The lowest BCUT2D eigenvalue weighted by molar-refractivity contribution is 0.479. The van der Waals surface area contributed by atoms with Gasteiger partial charge >= 0.3 is 0 Å². The van der Waals surface area contributed by atoms with Crippen LogP contribution in [0.1, 0.15) is 12.8 Å². The van der Waals surface area contributed by atoms with Crippen molar-refractivity contribution in [1.29, 1.82) is 0 Å². The first kappa shape index (κ1) is 9.74. The Morgan fingerprint density at radius 2 is 2.21 bits per heavy atom. The highest BCUT2D eigenvalue weighted by Crippen LogP contribution is 2.21. The molecule has 0 atom stereocenters. The lowest BCUT2D eigenvalue weighted by Gasteiger charge is -2.24. The summed E-state index contributed by atoms with van der Waals surface area (Å²) in [5.74, 6) is 0. The molecule has 2 heterocycles. The molecule has 76 valence electrons. The number of pyridine rings is 1. The molecule has 3 nitrogen and oxygen atoms in total. The lowest BCUT2D eigenvalue weighted by atomic mass is 10.1. The highest BCUT2D eigenvalue weighted by Gasteiger charge is 2.13. The van der Waals surface area contributed by atoms with E-state index in [1.807, 2.05) is 6.07 Å². The van der Waals surface area contributed by atoms with Gasteiger partial charge in [-0.05, 0) is 32.0 Å². The van der Waals surface area contributed by atoms with Gasteiger partial charge in [0, 0.05) is 12.2 Å². The van der Waals surface area contributed by atoms with Gasteiger partial charge in [0.15, 0.2) is 0 Å². The van der Waals surface area contributed by atoms with Gasteiger partial charge in [-0.25, -0.2) is 0 Å². The Morgan fingerprint density at radius 3 is 2.93 bits per heavy atom. The summed E-state index contributed by atoms with van der Waals surface area (Å²) in [6.07, 6.45) is 5.77. The van der Waals surface area contributed by atoms with Crippen LogP contribution in [0.15, 0.2) is 18.5 Å². The van der Waals surface area contributed by atoms with Gasteiger partial charge in [0.05, 0.1) is 16.9 Å². The third-order valence-electron chi connectivity index (χ3n) is 2.47. The Balaban J connectivity index is 1.99. The first-order chi connectivity index (χ1) is 6.86. The zero-order valence-corrected chi connectivity index (χ0v) is 8.72. The smallest absolute Gasteiger partial charge is 0.0718 e. The van der Waals surface area contributed by atoms with Crippen molar-refractivity contribution < 1.29 is 0 Å². The van der Waals surface area contributed by atoms with Gasteiger partial charge in [-0.15, -0.1) is 0 Å². The first-order valence-corrected chi connectivity index (χ1v) is 5.31. The highest BCUT2D eigenvalue weighted by molar-refractivity contribution is 6.33. The van der Waals surface area contributed by atoms with Crippen LogP contribution in [-0.2, 0) is 0 Å². The van der Waals surface area contributed by atoms with Gasteiger partial charge in [-0.1, -0.05) is 11.6 Å². The van der Waals surface area contributed by atoms with E-state index in [2.05, 4.69) is 15.6 Å². The molecule has 1 aromatic rings. The van der Waals surface area contributed by atoms with Gasteiger partial charge in [0.1, 0.15) is 0 Å². The van der Waals surface area contributed by atoms with Gasteiger partial charge in [0.2, 0.25) is 0 Å². The Hall–Kier alpha value is -0.800. The molecule has 0 amide bonds. The van der Waals surface area contributed by atoms with Crippen LogP contribution in [0.4, 0.5) is 5.69 Å². The number of piperidine rings is 1. The van der Waals surface area contributed by atoms with E-state index in [4.69, 9.17) is 11.6 Å². The normalized spacial score (nSPS) is 18.1. The van der Waals surface area contributed by atoms with Crippen LogP contribution in [0.2, 0.25) is 5.02 Å². The van der Waals surface area contributed by atoms with E-state index in [-0.39, 0.29) is 0 Å². The molecular formula is C10H14ClN3. The monoisotopic (exact) mass is 211 g/mol.